The largest absolute Gasteiger partial charge is 0.394 e. The Morgan fingerprint density at radius 2 is 0.680 bits per heavy atom. The molecule has 0 fully saturated rings. The number of nitrogens with two attached hydrogens (primary N) is 2. The summed E-state index contributed by atoms with van der Waals surface area (Å²) in [5, 5.41) is 45.4. The highest BCUT2D eigenvalue weighted by atomic mass is 16.3. The van der Waals surface area contributed by atoms with Crippen LogP contribution < -0.4 is 85.9 Å². The average Bonchev–Trinajstić information content (AvgIpc) is 0.894. The first kappa shape index (κ1) is 86.2. The van der Waals surface area contributed by atoms with Crippen LogP contribution in [-0.2, 0) is 78.3 Å². The summed E-state index contributed by atoms with van der Waals surface area (Å²) in [6.07, 6.45) is 1.15. The molecule has 0 aliphatic heterocycles. The van der Waals surface area contributed by atoms with Crippen molar-refractivity contribution in [3.8, 4) is 0 Å². The lowest BCUT2D eigenvalue weighted by Crippen LogP contribution is -2.59. The first-order chi connectivity index (χ1) is 45.4. The van der Waals surface area contributed by atoms with Gasteiger partial charge in [0.05, 0.1) is 45.9 Å². The Labute approximate surface area is 569 Å². The molecule has 32 nitrogen and oxygen atoms in total. The van der Waals surface area contributed by atoms with Crippen molar-refractivity contribution >= 4 is 88.6 Å². The van der Waals surface area contributed by atoms with E-state index in [1.165, 1.54) is 0 Å². The maximum Gasteiger partial charge on any atom is 0.245 e. The molecule has 0 spiro atoms. The summed E-state index contributed by atoms with van der Waals surface area (Å²) >= 11 is 0. The molecule has 19 N–H and O–H groups in total. The van der Waals surface area contributed by atoms with Crippen LogP contribution in [0.15, 0.2) is 30.3 Å². The Balaban J connectivity index is 3.07. The van der Waals surface area contributed by atoms with E-state index in [1.54, 1.807) is 92.6 Å². The predicted octanol–water partition coefficient (Wildman–Crippen LogP) is -3.46. The lowest BCUT2D eigenvalue weighted by Gasteiger charge is -2.27. The van der Waals surface area contributed by atoms with Crippen LogP contribution in [0.2, 0.25) is 0 Å². The second kappa shape index (κ2) is 44.8. The number of benzene rings is 1. The minimum Gasteiger partial charge on any atom is -0.394 e. The molecule has 32 heteroatoms. The summed E-state index contributed by atoms with van der Waals surface area (Å²) < 4.78 is 0. The zero-order chi connectivity index (χ0) is 73.8. The van der Waals surface area contributed by atoms with Gasteiger partial charge in [-0.25, -0.2) is 0 Å². The number of primary amides is 1. The Morgan fingerprint density at radius 1 is 0.361 bits per heavy atom. The van der Waals surface area contributed by atoms with E-state index in [4.69, 9.17) is 11.5 Å². The number of aliphatic hydroxyl groups excluding tert-OH is 1. The van der Waals surface area contributed by atoms with E-state index < -0.39 is 188 Å². The summed E-state index contributed by atoms with van der Waals surface area (Å²) in [6, 6.07) is -2.44. The summed E-state index contributed by atoms with van der Waals surface area (Å²) in [7, 11) is 0. The van der Waals surface area contributed by atoms with E-state index in [0.717, 1.165) is 0 Å². The van der Waals surface area contributed by atoms with E-state index >= 15 is 0 Å². The summed E-state index contributed by atoms with van der Waals surface area (Å²) in [4.78, 5) is 198. The third kappa shape index (κ3) is 35.1. The lowest BCUT2D eigenvalue weighted by atomic mass is 9.98. The van der Waals surface area contributed by atoms with Gasteiger partial charge in [0.2, 0.25) is 88.6 Å². The van der Waals surface area contributed by atoms with Gasteiger partial charge in [0.15, 0.2) is 0 Å². The first-order valence-electron chi connectivity index (χ1n) is 33.1. The lowest BCUT2D eigenvalue weighted by molar-refractivity contribution is -0.135. The van der Waals surface area contributed by atoms with Crippen LogP contribution in [0.5, 0.6) is 0 Å². The molecule has 1 aromatic rings. The van der Waals surface area contributed by atoms with Gasteiger partial charge in [-0.2, -0.15) is 0 Å². The highest BCUT2D eigenvalue weighted by Gasteiger charge is 2.35. The molecule has 0 heterocycles. The van der Waals surface area contributed by atoms with Crippen LogP contribution in [0.4, 0.5) is 0 Å². The van der Waals surface area contributed by atoms with Crippen LogP contribution in [0, 0.1) is 41.4 Å². The standard InChI is InChI=1S/C65H110N16O16/c1-15-40(14)56(57(67)89)80-54(88)32-71-58(90)42(21-34(2)3)74-51(85)29-68-50(84)28-69-59(91)43(22-35(4)5)78-62(94)46(25-38(10)11)79-64(96)48(33-82)76-53(87)31-72-65(97)55(39(12)13)81-63(95)47(26-41-19-17-16-18-20-41)75-52(86)30-70-60(92)44(23-36(6)7)77-61(93)45(24-37(8)9)73-49(83)27-66/h16-20,34-40,42-48,55-56,82H,15,21-33,66H2,1-14H3,(H2,67,89)(H,68,84)(H,69,91)(H,70,92)(H,71,90)(H,72,97)(H,73,83)(H,74,85)(H,75,86)(H,76,87)(H,77,93)(H,78,94)(H,79,96)(H,80,88)(H,81,95)/t40?,42-,43-,44-,45-,46-,47-,48-,55-,56-/m0/s1. The fourth-order valence-electron chi connectivity index (χ4n) is 9.71. The number of hydrogen-bond donors (Lipinski definition) is 17. The second-order valence-electron chi connectivity index (χ2n) is 26.6. The molecule has 546 valence electrons. The fraction of sp³-hybridized carbons (Fsp3) is 0.677. The number of carbonyl (C=O) groups is 15. The second-order valence-corrected chi connectivity index (χ2v) is 26.6. The van der Waals surface area contributed by atoms with E-state index in [2.05, 4.69) is 74.4 Å². The minimum absolute atomic E-state index is 0.00947. The van der Waals surface area contributed by atoms with Gasteiger partial charge in [0, 0.05) is 6.42 Å². The molecule has 1 unspecified atom stereocenters. The highest BCUT2D eigenvalue weighted by molar-refractivity contribution is 5.99. The summed E-state index contributed by atoms with van der Waals surface area (Å²) in [6.45, 7) is 20.3. The molecule has 10 atom stereocenters. The van der Waals surface area contributed by atoms with Gasteiger partial charge in [-0.05, 0) is 79.1 Å². The molecule has 0 radical (unpaired) electrons. The molecule has 97 heavy (non-hydrogen) atoms. The number of carbonyl (C=O) groups excluding carboxylic acids is 15. The zero-order valence-corrected chi connectivity index (χ0v) is 58.7. The van der Waals surface area contributed by atoms with Gasteiger partial charge in [0.1, 0.15) is 54.4 Å². The Hall–Kier alpha value is -8.81. The average molecular weight is 1370 g/mol. The van der Waals surface area contributed by atoms with Crippen molar-refractivity contribution in [2.75, 3.05) is 45.9 Å². The maximum atomic E-state index is 14.1. The van der Waals surface area contributed by atoms with Crippen molar-refractivity contribution in [2.24, 2.45) is 52.9 Å². The summed E-state index contributed by atoms with van der Waals surface area (Å²) in [5.74, 6) is -13.1. The number of aliphatic hydroxyl groups is 1. The Kier molecular flexibility index (Phi) is 39.8. The number of amides is 15. The molecule has 0 aliphatic rings. The molecule has 0 bridgehead atoms. The van der Waals surface area contributed by atoms with Gasteiger partial charge >= 0.3 is 0 Å². The van der Waals surface area contributed by atoms with Gasteiger partial charge in [-0.3, -0.25) is 71.9 Å². The van der Waals surface area contributed by atoms with Crippen LogP contribution in [0.3, 0.4) is 0 Å². The molecule has 1 aromatic carbocycles. The summed E-state index contributed by atoms with van der Waals surface area (Å²) in [5.41, 5.74) is 11.5. The molecule has 1 rings (SSSR count). The van der Waals surface area contributed by atoms with Crippen LogP contribution >= 0.6 is 0 Å². The molecule has 0 saturated heterocycles. The highest BCUT2D eigenvalue weighted by Crippen LogP contribution is 2.14. The van der Waals surface area contributed by atoms with Crippen LogP contribution in [0.25, 0.3) is 0 Å². The van der Waals surface area contributed by atoms with Crippen molar-refractivity contribution in [3.63, 3.8) is 0 Å². The topological polar surface area (TPSA) is 497 Å². The van der Waals surface area contributed by atoms with Gasteiger partial charge < -0.3 is 91.0 Å². The van der Waals surface area contributed by atoms with E-state index in [0.29, 0.717) is 12.0 Å². The van der Waals surface area contributed by atoms with Gasteiger partial charge in [-0.1, -0.05) is 134 Å². The molecule has 0 aromatic heterocycles. The number of hydrogen-bond acceptors (Lipinski definition) is 17. The molecule has 0 saturated carbocycles. The number of nitrogens with one attached hydrogen (secondary N) is 14. The Morgan fingerprint density at radius 3 is 1.06 bits per heavy atom. The van der Waals surface area contributed by atoms with Crippen molar-refractivity contribution in [1.29, 1.82) is 0 Å². The molecular formula is C65H110N16O16. The predicted molar refractivity (Wildman–Crippen MR) is 359 cm³/mol. The smallest absolute Gasteiger partial charge is 0.245 e. The third-order valence-electron chi connectivity index (χ3n) is 14.9. The monoisotopic (exact) mass is 1370 g/mol. The minimum atomic E-state index is -1.66. The quantitative estimate of drug-likeness (QED) is 0.0302. The van der Waals surface area contributed by atoms with Crippen molar-refractivity contribution < 1.29 is 77.0 Å². The van der Waals surface area contributed by atoms with E-state index in [9.17, 15) is 77.0 Å². The van der Waals surface area contributed by atoms with Crippen molar-refractivity contribution in [3.05, 3.63) is 35.9 Å². The molecule has 0 aliphatic carbocycles. The van der Waals surface area contributed by atoms with Crippen molar-refractivity contribution in [2.45, 2.75) is 196 Å². The zero-order valence-electron chi connectivity index (χ0n) is 58.7. The first-order valence-corrected chi connectivity index (χ1v) is 33.1. The fourth-order valence-corrected chi connectivity index (χ4v) is 9.71. The Bertz CT molecular complexity index is 2800. The van der Waals surface area contributed by atoms with Crippen LogP contribution in [0.1, 0.15) is 141 Å². The molecule has 15 amide bonds. The van der Waals surface area contributed by atoms with E-state index in [1.807, 2.05) is 34.6 Å². The maximum absolute atomic E-state index is 14.1. The van der Waals surface area contributed by atoms with Crippen molar-refractivity contribution in [1.82, 2.24) is 74.4 Å². The SMILES string of the molecule is CCC(C)[C@H](NC(=O)CNC(=O)[C@H](CC(C)C)NC(=O)CNC(=O)CNC(=O)[C@H](CC(C)C)NC(=O)[C@H](CC(C)C)NC(=O)[C@H](CO)NC(=O)CNC(=O)[C@@H](NC(=O)[C@H](Cc1ccccc1)NC(=O)CNC(=O)[C@H](CC(C)C)NC(=O)[C@H](CC(C)C)NC(=O)CN)C(C)C)C(N)=O. The van der Waals surface area contributed by atoms with Gasteiger partial charge in [0.25, 0.3) is 0 Å². The van der Waals surface area contributed by atoms with Gasteiger partial charge in [-0.15, -0.1) is 0 Å². The number of rotatable bonds is 45. The van der Waals surface area contributed by atoms with Crippen LogP contribution in [-0.4, -0.2) is 194 Å². The molecular weight excluding hydrogens is 1260 g/mol. The normalized spacial score (nSPS) is 14.3. The third-order valence-corrected chi connectivity index (χ3v) is 14.9. The van der Waals surface area contributed by atoms with E-state index in [-0.39, 0.29) is 80.6 Å².